The van der Waals surface area contributed by atoms with Gasteiger partial charge in [-0.1, -0.05) is 30.0 Å². The lowest BCUT2D eigenvalue weighted by Gasteiger charge is -2.27. The predicted octanol–water partition coefficient (Wildman–Crippen LogP) is 3.74. The molecule has 0 bridgehead atoms. The number of fused-ring (bicyclic) bond motifs is 1. The second-order valence-electron chi connectivity index (χ2n) is 7.19. The zero-order valence-electron chi connectivity index (χ0n) is 17.2. The molecule has 1 aliphatic rings. The first-order chi connectivity index (χ1) is 14.8. The fourth-order valence-corrected chi connectivity index (χ4v) is 7.10. The van der Waals surface area contributed by atoms with Crippen molar-refractivity contribution in [1.82, 2.24) is 9.29 Å². The minimum absolute atomic E-state index is 0.206. The smallest absolute Gasteiger partial charge is 0.243 e. The third-order valence-corrected chi connectivity index (χ3v) is 9.24. The van der Waals surface area contributed by atoms with Crippen LogP contribution in [0.2, 0.25) is 0 Å². The van der Waals surface area contributed by atoms with Gasteiger partial charge in [0.15, 0.2) is 4.34 Å². The van der Waals surface area contributed by atoms with Gasteiger partial charge in [0.05, 0.1) is 33.6 Å². The molecule has 1 saturated heterocycles. The summed E-state index contributed by atoms with van der Waals surface area (Å²) >= 11 is 2.94. The van der Waals surface area contributed by atoms with Crippen molar-refractivity contribution in [3.8, 4) is 0 Å². The van der Waals surface area contributed by atoms with Gasteiger partial charge in [0.1, 0.15) is 0 Å². The number of carbonyl (C=O) groups excluding carboxylic acids is 1. The standard InChI is InChI=1S/C21H23N3O4S3/c1-14-7-8-16(13-19(14)31(26,27)24-9-11-28-12-10-24)22-20(25)15(2)29-21-23-17-5-3-4-6-18(17)30-21/h3-8,13,15H,9-12H2,1-2H3,(H,22,25). The van der Waals surface area contributed by atoms with E-state index in [0.29, 0.717) is 37.6 Å². The van der Waals surface area contributed by atoms with Gasteiger partial charge in [-0.25, -0.2) is 13.4 Å². The Kier molecular flexibility index (Phi) is 6.63. The summed E-state index contributed by atoms with van der Waals surface area (Å²) in [4.78, 5) is 17.5. The zero-order chi connectivity index (χ0) is 22.0. The molecular formula is C21H23N3O4S3. The maximum absolute atomic E-state index is 13.1. The number of hydrogen-bond donors (Lipinski definition) is 1. The van der Waals surface area contributed by atoms with Gasteiger partial charge < -0.3 is 10.1 Å². The van der Waals surface area contributed by atoms with Crippen LogP contribution in [0.15, 0.2) is 51.7 Å². The summed E-state index contributed by atoms with van der Waals surface area (Å²) in [6, 6.07) is 12.8. The van der Waals surface area contributed by atoms with Gasteiger partial charge in [-0.05, 0) is 43.7 Å². The van der Waals surface area contributed by atoms with E-state index in [1.807, 2.05) is 31.2 Å². The molecule has 1 aromatic heterocycles. The number of nitrogens with one attached hydrogen (secondary N) is 1. The van der Waals surface area contributed by atoms with E-state index >= 15 is 0 Å². The molecule has 31 heavy (non-hydrogen) atoms. The minimum atomic E-state index is -3.65. The molecule has 1 amide bonds. The van der Waals surface area contributed by atoms with Crippen LogP contribution in [-0.4, -0.2) is 55.2 Å². The maximum Gasteiger partial charge on any atom is 0.243 e. The van der Waals surface area contributed by atoms with E-state index < -0.39 is 10.0 Å². The molecule has 7 nitrogen and oxygen atoms in total. The molecule has 4 rings (SSSR count). The number of anilines is 1. The molecule has 3 aromatic rings. The van der Waals surface area contributed by atoms with Crippen LogP contribution >= 0.6 is 23.1 Å². The second-order valence-corrected chi connectivity index (χ2v) is 11.7. The van der Waals surface area contributed by atoms with E-state index in [0.717, 1.165) is 14.6 Å². The van der Waals surface area contributed by atoms with Crippen molar-refractivity contribution in [2.45, 2.75) is 28.3 Å². The average Bonchev–Trinajstić information content (AvgIpc) is 3.17. The molecule has 1 fully saturated rings. The Morgan fingerprint density at radius 2 is 1.97 bits per heavy atom. The van der Waals surface area contributed by atoms with Crippen molar-refractivity contribution in [3.05, 3.63) is 48.0 Å². The summed E-state index contributed by atoms with van der Waals surface area (Å²) in [5.74, 6) is -0.206. The van der Waals surface area contributed by atoms with Crippen LogP contribution in [-0.2, 0) is 19.6 Å². The van der Waals surface area contributed by atoms with E-state index in [4.69, 9.17) is 4.74 Å². The summed E-state index contributed by atoms with van der Waals surface area (Å²) in [6.45, 7) is 4.99. The first-order valence-corrected chi connectivity index (χ1v) is 13.0. The molecule has 164 valence electrons. The number of benzene rings is 2. The summed E-state index contributed by atoms with van der Waals surface area (Å²) < 4.78 is 34.7. The number of morpholine rings is 1. The molecule has 10 heteroatoms. The van der Waals surface area contributed by atoms with Crippen molar-refractivity contribution in [3.63, 3.8) is 0 Å². The molecule has 0 aliphatic carbocycles. The number of thiazole rings is 1. The van der Waals surface area contributed by atoms with Crippen LogP contribution in [0.3, 0.4) is 0 Å². The highest BCUT2D eigenvalue weighted by Gasteiger charge is 2.28. The van der Waals surface area contributed by atoms with Crippen LogP contribution in [0.4, 0.5) is 5.69 Å². The van der Waals surface area contributed by atoms with E-state index in [1.165, 1.54) is 22.1 Å². The fraction of sp³-hybridized carbons (Fsp3) is 0.333. The topological polar surface area (TPSA) is 88.6 Å². The largest absolute Gasteiger partial charge is 0.379 e. The zero-order valence-corrected chi connectivity index (χ0v) is 19.6. The maximum atomic E-state index is 13.1. The molecule has 0 radical (unpaired) electrons. The van der Waals surface area contributed by atoms with Crippen molar-refractivity contribution >= 4 is 54.9 Å². The second kappa shape index (κ2) is 9.25. The molecule has 1 atom stereocenters. The predicted molar refractivity (Wildman–Crippen MR) is 124 cm³/mol. The minimum Gasteiger partial charge on any atom is -0.379 e. The molecule has 1 aliphatic heterocycles. The van der Waals surface area contributed by atoms with Gasteiger partial charge in [-0.3, -0.25) is 4.79 Å². The number of ether oxygens (including phenoxy) is 1. The van der Waals surface area contributed by atoms with Crippen LogP contribution in [0.25, 0.3) is 10.2 Å². The lowest BCUT2D eigenvalue weighted by atomic mass is 10.2. The summed E-state index contributed by atoms with van der Waals surface area (Å²) in [7, 11) is -3.65. The lowest BCUT2D eigenvalue weighted by Crippen LogP contribution is -2.40. The van der Waals surface area contributed by atoms with E-state index in [-0.39, 0.29) is 16.1 Å². The quantitative estimate of drug-likeness (QED) is 0.544. The number of hydrogen-bond acceptors (Lipinski definition) is 7. The van der Waals surface area contributed by atoms with Crippen molar-refractivity contribution < 1.29 is 17.9 Å². The third kappa shape index (κ3) is 4.93. The first kappa shape index (κ1) is 22.2. The Morgan fingerprint density at radius 3 is 2.71 bits per heavy atom. The molecule has 1 unspecified atom stereocenters. The Hall–Kier alpha value is -1.98. The summed E-state index contributed by atoms with van der Waals surface area (Å²) in [6.07, 6.45) is 0. The van der Waals surface area contributed by atoms with Gasteiger partial charge in [-0.15, -0.1) is 11.3 Å². The van der Waals surface area contributed by atoms with Crippen molar-refractivity contribution in [1.29, 1.82) is 0 Å². The third-order valence-electron chi connectivity index (χ3n) is 4.96. The highest BCUT2D eigenvalue weighted by Crippen LogP contribution is 2.32. The van der Waals surface area contributed by atoms with E-state index in [1.54, 1.807) is 30.4 Å². The number of aromatic nitrogens is 1. The van der Waals surface area contributed by atoms with Gasteiger partial charge in [-0.2, -0.15) is 4.31 Å². The molecule has 0 spiro atoms. The number of nitrogens with zero attached hydrogens (tertiary/aromatic N) is 2. The van der Waals surface area contributed by atoms with E-state index in [9.17, 15) is 13.2 Å². The first-order valence-electron chi connectivity index (χ1n) is 9.86. The van der Waals surface area contributed by atoms with Crippen LogP contribution in [0.5, 0.6) is 0 Å². The molecule has 2 aromatic carbocycles. The van der Waals surface area contributed by atoms with Gasteiger partial charge >= 0.3 is 0 Å². The highest BCUT2D eigenvalue weighted by molar-refractivity contribution is 8.02. The van der Waals surface area contributed by atoms with Crippen LogP contribution < -0.4 is 5.32 Å². The van der Waals surface area contributed by atoms with Crippen molar-refractivity contribution in [2.75, 3.05) is 31.6 Å². The van der Waals surface area contributed by atoms with Gasteiger partial charge in [0.2, 0.25) is 15.9 Å². The molecule has 0 saturated carbocycles. The molecule has 1 N–H and O–H groups in total. The highest BCUT2D eigenvalue weighted by atomic mass is 32.2. The van der Waals surface area contributed by atoms with Gasteiger partial charge in [0, 0.05) is 18.8 Å². The Labute approximate surface area is 189 Å². The number of carbonyl (C=O) groups is 1. The number of sulfonamides is 1. The SMILES string of the molecule is Cc1ccc(NC(=O)C(C)Sc2nc3ccccc3s2)cc1S(=O)(=O)N1CCOCC1. The normalized spacial score (nSPS) is 16.3. The number of thioether (sulfide) groups is 1. The Bertz CT molecular complexity index is 1170. The number of rotatable bonds is 6. The Morgan fingerprint density at radius 1 is 1.23 bits per heavy atom. The number of aryl methyl sites for hydroxylation is 1. The van der Waals surface area contributed by atoms with E-state index in [2.05, 4.69) is 10.3 Å². The van der Waals surface area contributed by atoms with Crippen LogP contribution in [0.1, 0.15) is 12.5 Å². The number of para-hydroxylation sites is 1. The van der Waals surface area contributed by atoms with Crippen LogP contribution in [0, 0.1) is 6.92 Å². The lowest BCUT2D eigenvalue weighted by molar-refractivity contribution is -0.115. The summed E-state index contributed by atoms with van der Waals surface area (Å²) in [5, 5.41) is 2.46. The summed E-state index contributed by atoms with van der Waals surface area (Å²) in [5.41, 5.74) is 2.01. The van der Waals surface area contributed by atoms with Crippen molar-refractivity contribution in [2.24, 2.45) is 0 Å². The Balaban J connectivity index is 1.48. The molecule has 2 heterocycles. The fourth-order valence-electron chi connectivity index (χ4n) is 3.23. The monoisotopic (exact) mass is 477 g/mol. The van der Waals surface area contributed by atoms with Gasteiger partial charge in [0.25, 0.3) is 0 Å². The average molecular weight is 478 g/mol. The molecular weight excluding hydrogens is 454 g/mol. The number of amides is 1.